The number of halogens is 1. The van der Waals surface area contributed by atoms with Gasteiger partial charge in [0, 0.05) is 44.9 Å². The highest BCUT2D eigenvalue weighted by atomic mass is 19.1. The van der Waals surface area contributed by atoms with Crippen LogP contribution in [0.2, 0.25) is 0 Å². The summed E-state index contributed by atoms with van der Waals surface area (Å²) in [5.74, 6) is -7.08. The van der Waals surface area contributed by atoms with Crippen molar-refractivity contribution in [3.63, 3.8) is 0 Å². The summed E-state index contributed by atoms with van der Waals surface area (Å²) in [7, 11) is 2.66. The van der Waals surface area contributed by atoms with Crippen LogP contribution in [0.3, 0.4) is 0 Å². The third-order valence-electron chi connectivity index (χ3n) is 12.1. The lowest BCUT2D eigenvalue weighted by molar-refractivity contribution is -0.154. The molecule has 0 spiro atoms. The Kier molecular flexibility index (Phi) is 20.3. The Morgan fingerprint density at radius 3 is 1.51 bits per heavy atom. The Hall–Kier alpha value is -6.60. The number of likely N-dealkylation sites (N-methyl/N-ethyl adjacent to an activating group) is 2. The van der Waals surface area contributed by atoms with Crippen molar-refractivity contribution in [3.8, 4) is 0 Å². The van der Waals surface area contributed by atoms with Crippen molar-refractivity contribution < 1.29 is 57.0 Å². The molecule has 0 radical (unpaired) electrons. The molecule has 0 unspecified atom stereocenters. The SMILES string of the molecule is CN(C(=O)[C@@H](Cc1ccccc1)NC(=O)OC(C)(C)C)[C@@H](CC(N)=O)C(=O)N[C@@H]1CCC[C@H](C(=O)N[C@H](Cc2ccccc2)C(=O)N(C)[C@@H](CC(N)=O)C(=O)N[C@@H]2CCC[C@H](C(=O)OCF)C2)C1. The van der Waals surface area contributed by atoms with Gasteiger partial charge in [0.1, 0.15) is 29.8 Å². The first kappa shape index (κ1) is 54.0. The van der Waals surface area contributed by atoms with E-state index in [1.807, 2.05) is 0 Å². The summed E-state index contributed by atoms with van der Waals surface area (Å²) in [6.45, 7) is 3.74. The molecular formula is C48H67FN8O11. The number of primary amides is 2. The van der Waals surface area contributed by atoms with Crippen LogP contribution in [0.25, 0.3) is 0 Å². The number of nitrogens with zero attached hydrogens (tertiary/aromatic N) is 2. The summed E-state index contributed by atoms with van der Waals surface area (Å²) in [6, 6.07) is 11.4. The van der Waals surface area contributed by atoms with Gasteiger partial charge in [-0.25, -0.2) is 9.18 Å². The van der Waals surface area contributed by atoms with Crippen LogP contribution in [0.1, 0.15) is 96.1 Å². The van der Waals surface area contributed by atoms with E-state index in [4.69, 9.17) is 16.2 Å². The van der Waals surface area contributed by atoms with Crippen LogP contribution in [0, 0.1) is 11.8 Å². The van der Waals surface area contributed by atoms with Crippen molar-refractivity contribution in [2.24, 2.45) is 23.3 Å². The Morgan fingerprint density at radius 2 is 1.09 bits per heavy atom. The van der Waals surface area contributed by atoms with Crippen molar-refractivity contribution in [2.45, 2.75) is 140 Å². The lowest BCUT2D eigenvalue weighted by atomic mass is 9.84. The number of hydrogen-bond donors (Lipinski definition) is 6. The number of hydrogen-bond acceptors (Lipinski definition) is 11. The van der Waals surface area contributed by atoms with E-state index in [1.165, 1.54) is 14.1 Å². The van der Waals surface area contributed by atoms with Gasteiger partial charge in [-0.15, -0.1) is 0 Å². The molecule has 0 bridgehead atoms. The molecule has 372 valence electrons. The molecule has 2 aromatic carbocycles. The third kappa shape index (κ3) is 16.9. The summed E-state index contributed by atoms with van der Waals surface area (Å²) >= 11 is 0. The van der Waals surface area contributed by atoms with Gasteiger partial charge < -0.3 is 52.0 Å². The van der Waals surface area contributed by atoms with Crippen LogP contribution in [-0.2, 0) is 60.7 Å². The zero-order valence-corrected chi connectivity index (χ0v) is 39.5. The normalized spacial score (nSPS) is 19.9. The van der Waals surface area contributed by atoms with E-state index in [-0.39, 0.29) is 25.7 Å². The third-order valence-corrected chi connectivity index (χ3v) is 12.1. The molecule has 8 atom stereocenters. The molecular weight excluding hydrogens is 884 g/mol. The number of nitrogens with one attached hydrogen (secondary N) is 4. The number of carbonyl (C=O) groups excluding carboxylic acids is 9. The highest BCUT2D eigenvalue weighted by Gasteiger charge is 2.39. The van der Waals surface area contributed by atoms with Gasteiger partial charge in [-0.1, -0.05) is 73.5 Å². The zero-order chi connectivity index (χ0) is 50.1. The molecule has 0 heterocycles. The average Bonchev–Trinajstić information content (AvgIpc) is 3.28. The largest absolute Gasteiger partial charge is 0.444 e. The first-order chi connectivity index (χ1) is 32.1. The number of alkyl halides is 1. The van der Waals surface area contributed by atoms with Gasteiger partial charge in [-0.05, 0) is 70.4 Å². The van der Waals surface area contributed by atoms with Gasteiger partial charge in [0.25, 0.3) is 0 Å². The van der Waals surface area contributed by atoms with Gasteiger partial charge in [0.2, 0.25) is 48.2 Å². The molecule has 2 aliphatic rings. The number of carbonyl (C=O) groups is 9. The van der Waals surface area contributed by atoms with E-state index in [1.54, 1.807) is 81.4 Å². The summed E-state index contributed by atoms with van der Waals surface area (Å²) in [4.78, 5) is 122. The molecule has 4 rings (SSSR count). The predicted molar refractivity (Wildman–Crippen MR) is 246 cm³/mol. The van der Waals surface area contributed by atoms with Gasteiger partial charge in [0.05, 0.1) is 18.8 Å². The summed E-state index contributed by atoms with van der Waals surface area (Å²) in [5, 5.41) is 11.2. The van der Waals surface area contributed by atoms with Gasteiger partial charge in [-0.2, -0.15) is 0 Å². The Morgan fingerprint density at radius 1 is 0.662 bits per heavy atom. The minimum atomic E-state index is -1.39. The minimum absolute atomic E-state index is 0.0117. The Labute approximate surface area is 396 Å². The number of nitrogens with two attached hydrogens (primary N) is 2. The smallest absolute Gasteiger partial charge is 0.408 e. The first-order valence-corrected chi connectivity index (χ1v) is 23.0. The fraction of sp³-hybridized carbons (Fsp3) is 0.562. The Balaban J connectivity index is 1.49. The molecule has 2 fully saturated rings. The van der Waals surface area contributed by atoms with E-state index in [0.717, 1.165) is 9.80 Å². The van der Waals surface area contributed by atoms with E-state index >= 15 is 0 Å². The van der Waals surface area contributed by atoms with E-state index in [0.29, 0.717) is 49.7 Å². The highest BCUT2D eigenvalue weighted by molar-refractivity contribution is 5.96. The molecule has 8 amide bonds. The number of amides is 8. The maximum Gasteiger partial charge on any atom is 0.408 e. The second-order valence-electron chi connectivity index (χ2n) is 18.6. The monoisotopic (exact) mass is 950 g/mol. The molecule has 0 aliphatic heterocycles. The van der Waals surface area contributed by atoms with E-state index in [9.17, 15) is 47.5 Å². The molecule has 0 saturated heterocycles. The van der Waals surface area contributed by atoms with Crippen LogP contribution in [-0.4, -0.2) is 126 Å². The zero-order valence-electron chi connectivity index (χ0n) is 39.5. The van der Waals surface area contributed by atoms with Crippen molar-refractivity contribution >= 4 is 53.4 Å². The first-order valence-electron chi connectivity index (χ1n) is 23.0. The van der Waals surface area contributed by atoms with Crippen LogP contribution < -0.4 is 32.7 Å². The molecule has 8 N–H and O–H groups in total. The lowest BCUT2D eigenvalue weighted by Gasteiger charge is -2.35. The molecule has 0 aromatic heterocycles. The van der Waals surface area contributed by atoms with E-state index < -0.39 is 127 Å². The fourth-order valence-electron chi connectivity index (χ4n) is 8.69. The summed E-state index contributed by atoms with van der Waals surface area (Å²) < 4.78 is 22.7. The van der Waals surface area contributed by atoms with Gasteiger partial charge >= 0.3 is 12.1 Å². The van der Waals surface area contributed by atoms with Crippen molar-refractivity contribution in [1.82, 2.24) is 31.1 Å². The number of ether oxygens (including phenoxy) is 2. The number of rotatable bonds is 21. The second-order valence-corrected chi connectivity index (χ2v) is 18.6. The van der Waals surface area contributed by atoms with Crippen LogP contribution in [0.15, 0.2) is 60.7 Å². The maximum absolute atomic E-state index is 14.4. The number of esters is 1. The summed E-state index contributed by atoms with van der Waals surface area (Å²) in [6.07, 6.45) is 1.22. The van der Waals surface area contributed by atoms with Crippen LogP contribution >= 0.6 is 0 Å². The maximum atomic E-state index is 14.4. The molecule has 20 heteroatoms. The van der Waals surface area contributed by atoms with Gasteiger partial charge in [0.15, 0.2) is 0 Å². The average molecular weight is 951 g/mol. The van der Waals surface area contributed by atoms with Crippen LogP contribution in [0.5, 0.6) is 0 Å². The molecule has 19 nitrogen and oxygen atoms in total. The molecule has 2 aliphatic carbocycles. The fourth-order valence-corrected chi connectivity index (χ4v) is 8.69. The lowest BCUT2D eigenvalue weighted by Crippen LogP contribution is -2.58. The van der Waals surface area contributed by atoms with Crippen molar-refractivity contribution in [1.29, 1.82) is 0 Å². The highest BCUT2D eigenvalue weighted by Crippen LogP contribution is 2.27. The van der Waals surface area contributed by atoms with Crippen molar-refractivity contribution in [3.05, 3.63) is 71.8 Å². The molecule has 2 saturated carbocycles. The topological polar surface area (TPSA) is 279 Å². The Bertz CT molecular complexity index is 2090. The number of alkyl carbamates (subject to hydrolysis) is 1. The molecule has 68 heavy (non-hydrogen) atoms. The standard InChI is InChI=1S/C48H67FN8O11/c1-48(2,3)68-47(66)55-36(23-30-16-10-7-11-17-30)45(64)57(5)38(27-40(51)59)42(61)52-33-20-12-18-31(24-33)41(60)54-35(22-29-14-8-6-9-15-29)44(63)56(4)37(26-39(50)58)43(62)53-34-21-13-19-32(25-34)46(65)67-28-49/h6-11,14-17,31-38H,12-13,18-28H2,1-5H3,(H2,50,58)(H2,51,59)(H,52,61)(H,53,62)(H,54,60)(H,55,66)/t31-,32-,33+,34+,35+,36+,37-,38-/m0/s1. The number of benzene rings is 2. The summed E-state index contributed by atoms with van der Waals surface area (Å²) in [5.41, 5.74) is 11.7. The predicted octanol–water partition coefficient (Wildman–Crippen LogP) is 2.07. The second kappa shape index (κ2) is 25.5. The van der Waals surface area contributed by atoms with Crippen LogP contribution in [0.4, 0.5) is 9.18 Å². The van der Waals surface area contributed by atoms with Gasteiger partial charge in [-0.3, -0.25) is 38.4 Å². The molecule has 2 aromatic rings. The van der Waals surface area contributed by atoms with Crippen molar-refractivity contribution in [2.75, 3.05) is 21.0 Å². The van der Waals surface area contributed by atoms with E-state index in [2.05, 4.69) is 26.0 Å². The minimum Gasteiger partial charge on any atom is -0.444 e. The quantitative estimate of drug-likeness (QED) is 0.0986.